The maximum Gasteiger partial charge on any atom is 0.337 e. The summed E-state index contributed by atoms with van der Waals surface area (Å²) < 4.78 is 4.69. The molecule has 108 valence electrons. The number of amides is 1. The number of carbonyl (C=O) groups excluding carboxylic acids is 2. The van der Waals surface area contributed by atoms with Gasteiger partial charge in [-0.2, -0.15) is 0 Å². The van der Waals surface area contributed by atoms with Gasteiger partial charge in [0.15, 0.2) is 0 Å². The normalized spacial score (nSPS) is 21.6. The number of aryl methyl sites for hydroxylation is 1. The monoisotopic (exact) mass is 276 g/mol. The zero-order valence-electron chi connectivity index (χ0n) is 12.1. The van der Waals surface area contributed by atoms with E-state index in [0.717, 1.165) is 18.5 Å². The highest BCUT2D eigenvalue weighted by atomic mass is 16.5. The number of hydrogen-bond donors (Lipinski definition) is 2. The molecular weight excluding hydrogens is 256 g/mol. The third-order valence-electron chi connectivity index (χ3n) is 3.82. The molecule has 0 bridgehead atoms. The number of esters is 1. The van der Waals surface area contributed by atoms with Crippen LogP contribution < -0.4 is 10.6 Å². The molecule has 0 spiro atoms. The fourth-order valence-electron chi connectivity index (χ4n) is 2.29. The first kappa shape index (κ1) is 14.5. The van der Waals surface area contributed by atoms with Gasteiger partial charge in [-0.15, -0.1) is 0 Å². The van der Waals surface area contributed by atoms with Gasteiger partial charge in [-0.25, -0.2) is 4.79 Å². The van der Waals surface area contributed by atoms with Crippen LogP contribution in [0.1, 0.15) is 29.3 Å². The van der Waals surface area contributed by atoms with Crippen LogP contribution in [0.2, 0.25) is 0 Å². The number of methoxy groups -OCH3 is 1. The highest BCUT2D eigenvalue weighted by Crippen LogP contribution is 2.27. The summed E-state index contributed by atoms with van der Waals surface area (Å²) in [6.45, 7) is 5.37. The Kier molecular flexibility index (Phi) is 4.09. The highest BCUT2D eigenvalue weighted by molar-refractivity contribution is 5.98. The number of rotatable bonds is 3. The smallest absolute Gasteiger partial charge is 0.337 e. The first-order chi connectivity index (χ1) is 9.46. The van der Waals surface area contributed by atoms with Crippen molar-refractivity contribution in [3.63, 3.8) is 0 Å². The van der Waals surface area contributed by atoms with E-state index in [2.05, 4.69) is 10.6 Å². The maximum atomic E-state index is 12.4. The van der Waals surface area contributed by atoms with E-state index in [1.165, 1.54) is 7.11 Å². The van der Waals surface area contributed by atoms with Gasteiger partial charge in [0.25, 0.3) is 0 Å². The third-order valence-corrected chi connectivity index (χ3v) is 3.82. The lowest BCUT2D eigenvalue weighted by Crippen LogP contribution is -2.35. The largest absolute Gasteiger partial charge is 0.465 e. The van der Waals surface area contributed by atoms with E-state index in [-0.39, 0.29) is 5.91 Å². The van der Waals surface area contributed by atoms with Crippen LogP contribution in [0.15, 0.2) is 18.2 Å². The van der Waals surface area contributed by atoms with Crippen LogP contribution in [0.5, 0.6) is 0 Å². The maximum absolute atomic E-state index is 12.4. The molecule has 5 heteroatoms. The first-order valence-electron chi connectivity index (χ1n) is 6.67. The van der Waals surface area contributed by atoms with Crippen LogP contribution in [0.4, 0.5) is 5.69 Å². The first-order valence-corrected chi connectivity index (χ1v) is 6.67. The number of benzene rings is 1. The summed E-state index contributed by atoms with van der Waals surface area (Å²) >= 11 is 0. The van der Waals surface area contributed by atoms with Gasteiger partial charge in [0, 0.05) is 12.2 Å². The Morgan fingerprint density at radius 1 is 1.40 bits per heavy atom. The lowest BCUT2D eigenvalue weighted by Gasteiger charge is -2.22. The van der Waals surface area contributed by atoms with Gasteiger partial charge >= 0.3 is 5.97 Å². The average Bonchev–Trinajstić information content (AvgIpc) is 2.88. The molecule has 5 nitrogen and oxygen atoms in total. The fourth-order valence-corrected chi connectivity index (χ4v) is 2.29. The van der Waals surface area contributed by atoms with Crippen molar-refractivity contribution in [3.8, 4) is 0 Å². The molecular formula is C15H20N2O3. The molecule has 1 aliphatic rings. The Morgan fingerprint density at radius 3 is 2.75 bits per heavy atom. The van der Waals surface area contributed by atoms with E-state index in [9.17, 15) is 9.59 Å². The van der Waals surface area contributed by atoms with Crippen LogP contribution >= 0.6 is 0 Å². The molecule has 0 aliphatic carbocycles. The number of hydrogen-bond acceptors (Lipinski definition) is 4. The van der Waals surface area contributed by atoms with Crippen molar-refractivity contribution in [2.24, 2.45) is 5.41 Å². The van der Waals surface area contributed by atoms with Crippen LogP contribution in [0, 0.1) is 12.3 Å². The van der Waals surface area contributed by atoms with E-state index in [1.54, 1.807) is 18.2 Å². The summed E-state index contributed by atoms with van der Waals surface area (Å²) in [6.07, 6.45) is 0.814. The van der Waals surface area contributed by atoms with Crippen molar-refractivity contribution in [2.45, 2.75) is 20.3 Å². The van der Waals surface area contributed by atoms with Gasteiger partial charge in [-0.05, 0) is 44.5 Å². The second kappa shape index (κ2) is 5.63. The van der Waals surface area contributed by atoms with Crippen molar-refractivity contribution in [1.29, 1.82) is 0 Å². The minimum Gasteiger partial charge on any atom is -0.465 e. The zero-order valence-corrected chi connectivity index (χ0v) is 12.1. The SMILES string of the molecule is COC(=O)c1ccc(C)c(NC(=O)C2(C)CCNC2)c1. The zero-order chi connectivity index (χ0) is 14.8. The van der Waals surface area contributed by atoms with Gasteiger partial charge in [-0.1, -0.05) is 6.07 Å². The van der Waals surface area contributed by atoms with Gasteiger partial charge in [0.2, 0.25) is 5.91 Å². The van der Waals surface area contributed by atoms with Crippen LogP contribution in [-0.4, -0.2) is 32.1 Å². The summed E-state index contributed by atoms with van der Waals surface area (Å²) in [4.78, 5) is 23.9. The molecule has 0 aromatic heterocycles. The van der Waals surface area contributed by atoms with Crippen molar-refractivity contribution in [1.82, 2.24) is 5.32 Å². The molecule has 1 aliphatic heterocycles. The summed E-state index contributed by atoms with van der Waals surface area (Å²) in [7, 11) is 1.34. The Bertz CT molecular complexity index is 534. The summed E-state index contributed by atoms with van der Waals surface area (Å²) in [5.74, 6) is -0.429. The van der Waals surface area contributed by atoms with E-state index < -0.39 is 11.4 Å². The molecule has 1 saturated heterocycles. The third kappa shape index (κ3) is 2.82. The molecule has 20 heavy (non-hydrogen) atoms. The molecule has 0 radical (unpaired) electrons. The highest BCUT2D eigenvalue weighted by Gasteiger charge is 2.36. The standard InChI is InChI=1S/C15H20N2O3/c1-10-4-5-11(13(18)20-3)8-12(10)17-14(19)15(2)6-7-16-9-15/h4-5,8,16H,6-7,9H2,1-3H3,(H,17,19). The van der Waals surface area contributed by atoms with E-state index in [1.807, 2.05) is 13.8 Å². The average molecular weight is 276 g/mol. The van der Waals surface area contributed by atoms with E-state index >= 15 is 0 Å². The number of ether oxygens (including phenoxy) is 1. The molecule has 0 saturated carbocycles. The van der Waals surface area contributed by atoms with Crippen molar-refractivity contribution in [3.05, 3.63) is 29.3 Å². The van der Waals surface area contributed by atoms with Crippen molar-refractivity contribution in [2.75, 3.05) is 25.5 Å². The van der Waals surface area contributed by atoms with Crippen LogP contribution in [-0.2, 0) is 9.53 Å². The Labute approximate surface area is 118 Å². The van der Waals surface area contributed by atoms with Gasteiger partial charge in [0.1, 0.15) is 0 Å². The Morgan fingerprint density at radius 2 is 2.15 bits per heavy atom. The van der Waals surface area contributed by atoms with Gasteiger partial charge in [0.05, 0.1) is 18.1 Å². The molecule has 2 rings (SSSR count). The van der Waals surface area contributed by atoms with Crippen molar-refractivity contribution >= 4 is 17.6 Å². The lowest BCUT2D eigenvalue weighted by molar-refractivity contribution is -0.123. The van der Waals surface area contributed by atoms with E-state index in [0.29, 0.717) is 17.8 Å². The Hall–Kier alpha value is -1.88. The number of anilines is 1. The molecule has 1 unspecified atom stereocenters. The number of nitrogens with one attached hydrogen (secondary N) is 2. The number of carbonyl (C=O) groups is 2. The fraction of sp³-hybridized carbons (Fsp3) is 0.467. The van der Waals surface area contributed by atoms with E-state index in [4.69, 9.17) is 4.74 Å². The molecule has 1 fully saturated rings. The molecule has 2 N–H and O–H groups in total. The predicted molar refractivity (Wildman–Crippen MR) is 76.7 cm³/mol. The molecule has 1 amide bonds. The molecule has 1 heterocycles. The molecule has 1 atom stereocenters. The lowest BCUT2D eigenvalue weighted by atomic mass is 9.88. The van der Waals surface area contributed by atoms with Gasteiger partial charge in [-0.3, -0.25) is 4.79 Å². The quantitative estimate of drug-likeness (QED) is 0.825. The topological polar surface area (TPSA) is 67.4 Å². The minimum atomic E-state index is -0.408. The summed E-state index contributed by atoms with van der Waals surface area (Å²) in [6, 6.07) is 5.15. The second-order valence-corrected chi connectivity index (χ2v) is 5.46. The molecule has 1 aromatic rings. The predicted octanol–water partition coefficient (Wildman–Crippen LogP) is 1.72. The van der Waals surface area contributed by atoms with Gasteiger partial charge < -0.3 is 15.4 Å². The second-order valence-electron chi connectivity index (χ2n) is 5.46. The van der Waals surface area contributed by atoms with Crippen LogP contribution in [0.3, 0.4) is 0 Å². The Balaban J connectivity index is 2.20. The van der Waals surface area contributed by atoms with Crippen molar-refractivity contribution < 1.29 is 14.3 Å². The summed E-state index contributed by atoms with van der Waals surface area (Å²) in [5, 5.41) is 6.12. The van der Waals surface area contributed by atoms with Crippen LogP contribution in [0.25, 0.3) is 0 Å². The summed E-state index contributed by atoms with van der Waals surface area (Å²) in [5.41, 5.74) is 1.61. The molecule has 1 aromatic carbocycles. The minimum absolute atomic E-state index is 0.0207.